The van der Waals surface area contributed by atoms with Crippen LogP contribution >= 0.6 is 0 Å². The third kappa shape index (κ3) is 3.03. The van der Waals surface area contributed by atoms with Gasteiger partial charge in [-0.2, -0.15) is 0 Å². The van der Waals surface area contributed by atoms with E-state index < -0.39 is 15.8 Å². The lowest BCUT2D eigenvalue weighted by Gasteiger charge is -2.10. The average molecular weight is 280 g/mol. The van der Waals surface area contributed by atoms with Gasteiger partial charge in [0.1, 0.15) is 5.82 Å². The van der Waals surface area contributed by atoms with Crippen LogP contribution in [0.25, 0.3) is 0 Å². The Bertz CT molecular complexity index is 714. The largest absolute Gasteiger partial charge is 0.399 e. The van der Waals surface area contributed by atoms with E-state index in [1.807, 2.05) is 0 Å². The predicted molar refractivity (Wildman–Crippen MR) is 72.8 cm³/mol. The van der Waals surface area contributed by atoms with Crippen LogP contribution < -0.4 is 10.5 Å². The van der Waals surface area contributed by atoms with E-state index in [2.05, 4.69) is 4.72 Å². The van der Waals surface area contributed by atoms with Crippen LogP contribution in [-0.4, -0.2) is 8.42 Å². The minimum Gasteiger partial charge on any atom is -0.399 e. The molecule has 6 heteroatoms. The molecule has 0 aliphatic carbocycles. The summed E-state index contributed by atoms with van der Waals surface area (Å²) in [6, 6.07) is 10.1. The monoisotopic (exact) mass is 280 g/mol. The third-order valence-electron chi connectivity index (χ3n) is 2.53. The summed E-state index contributed by atoms with van der Waals surface area (Å²) >= 11 is 0. The molecule has 0 aliphatic heterocycles. The Morgan fingerprint density at radius 1 is 1.16 bits per heavy atom. The maximum Gasteiger partial charge on any atom is 0.261 e. The maximum absolute atomic E-state index is 13.5. The molecular weight excluding hydrogens is 267 g/mol. The summed E-state index contributed by atoms with van der Waals surface area (Å²) in [6.45, 7) is 1.78. The summed E-state index contributed by atoms with van der Waals surface area (Å²) in [6.07, 6.45) is 0. The summed E-state index contributed by atoms with van der Waals surface area (Å²) in [7, 11) is -3.82. The zero-order chi connectivity index (χ0) is 14.0. The molecule has 2 aromatic rings. The first-order valence-corrected chi connectivity index (χ1v) is 7.01. The highest BCUT2D eigenvalue weighted by atomic mass is 32.2. The third-order valence-corrected chi connectivity index (χ3v) is 3.90. The number of nitrogens with two attached hydrogens (primary N) is 1. The molecule has 2 aromatic carbocycles. The van der Waals surface area contributed by atoms with E-state index in [9.17, 15) is 12.8 Å². The van der Waals surface area contributed by atoms with Crippen LogP contribution in [0.5, 0.6) is 0 Å². The molecule has 2 rings (SSSR count). The molecule has 19 heavy (non-hydrogen) atoms. The SMILES string of the molecule is Cc1cccc(S(=O)(=O)Nc2cc(N)ccc2F)c1. The number of anilines is 2. The van der Waals surface area contributed by atoms with Crippen LogP contribution in [0, 0.1) is 12.7 Å². The van der Waals surface area contributed by atoms with Crippen molar-refractivity contribution in [2.75, 3.05) is 10.5 Å². The zero-order valence-electron chi connectivity index (χ0n) is 10.2. The number of nitrogen functional groups attached to an aromatic ring is 1. The average Bonchev–Trinajstić information content (AvgIpc) is 2.33. The van der Waals surface area contributed by atoms with Crippen molar-refractivity contribution < 1.29 is 12.8 Å². The Labute approximate surface area is 111 Å². The highest BCUT2D eigenvalue weighted by Crippen LogP contribution is 2.21. The number of hydrogen-bond acceptors (Lipinski definition) is 3. The summed E-state index contributed by atoms with van der Waals surface area (Å²) in [5.41, 5.74) is 6.43. The molecule has 0 fully saturated rings. The molecule has 0 bridgehead atoms. The Morgan fingerprint density at radius 2 is 1.89 bits per heavy atom. The van der Waals surface area contributed by atoms with Crippen molar-refractivity contribution in [2.45, 2.75) is 11.8 Å². The van der Waals surface area contributed by atoms with Crippen LogP contribution in [0.3, 0.4) is 0 Å². The van der Waals surface area contributed by atoms with Crippen molar-refractivity contribution in [3.05, 3.63) is 53.8 Å². The van der Waals surface area contributed by atoms with Gasteiger partial charge in [-0.3, -0.25) is 4.72 Å². The van der Waals surface area contributed by atoms with Crippen molar-refractivity contribution in [3.63, 3.8) is 0 Å². The van der Waals surface area contributed by atoms with E-state index in [1.165, 1.54) is 24.3 Å². The summed E-state index contributed by atoms with van der Waals surface area (Å²) in [5, 5.41) is 0. The molecule has 0 aromatic heterocycles. The molecule has 0 spiro atoms. The van der Waals surface area contributed by atoms with Gasteiger partial charge in [0.2, 0.25) is 0 Å². The first kappa shape index (κ1) is 13.4. The molecule has 0 radical (unpaired) electrons. The van der Waals surface area contributed by atoms with E-state index in [0.29, 0.717) is 0 Å². The van der Waals surface area contributed by atoms with Gasteiger partial charge in [-0.1, -0.05) is 12.1 Å². The van der Waals surface area contributed by atoms with Gasteiger partial charge in [0.25, 0.3) is 10.0 Å². The number of rotatable bonds is 3. The number of benzene rings is 2. The quantitative estimate of drug-likeness (QED) is 0.848. The first-order chi connectivity index (χ1) is 8.88. The highest BCUT2D eigenvalue weighted by Gasteiger charge is 2.16. The van der Waals surface area contributed by atoms with Gasteiger partial charge in [-0.25, -0.2) is 12.8 Å². The van der Waals surface area contributed by atoms with Crippen molar-refractivity contribution in [3.8, 4) is 0 Å². The number of halogens is 1. The second-order valence-corrected chi connectivity index (χ2v) is 5.84. The molecule has 0 heterocycles. The topological polar surface area (TPSA) is 72.2 Å². The minimum atomic E-state index is -3.82. The molecule has 0 saturated carbocycles. The van der Waals surface area contributed by atoms with Crippen LogP contribution in [-0.2, 0) is 10.0 Å². The number of aryl methyl sites for hydroxylation is 1. The normalized spacial score (nSPS) is 11.3. The van der Waals surface area contributed by atoms with Gasteiger partial charge in [0.05, 0.1) is 10.6 Å². The first-order valence-electron chi connectivity index (χ1n) is 5.53. The lowest BCUT2D eigenvalue weighted by molar-refractivity contribution is 0.598. The van der Waals surface area contributed by atoms with Crippen molar-refractivity contribution in [1.82, 2.24) is 0 Å². The molecule has 0 unspecified atom stereocenters. The number of sulfonamides is 1. The fourth-order valence-electron chi connectivity index (χ4n) is 1.61. The Hall–Kier alpha value is -2.08. The Kier molecular flexibility index (Phi) is 3.44. The lowest BCUT2D eigenvalue weighted by atomic mass is 10.2. The number of hydrogen-bond donors (Lipinski definition) is 2. The van der Waals surface area contributed by atoms with Gasteiger partial charge in [0.15, 0.2) is 0 Å². The van der Waals surface area contributed by atoms with Gasteiger partial charge in [0, 0.05) is 5.69 Å². The van der Waals surface area contributed by atoms with E-state index in [0.717, 1.165) is 11.6 Å². The van der Waals surface area contributed by atoms with Gasteiger partial charge in [-0.05, 0) is 42.8 Å². The van der Waals surface area contributed by atoms with Crippen LogP contribution in [0.15, 0.2) is 47.4 Å². The molecule has 3 N–H and O–H groups in total. The summed E-state index contributed by atoms with van der Waals surface area (Å²) in [4.78, 5) is 0.0781. The molecule has 4 nitrogen and oxygen atoms in total. The second-order valence-electron chi connectivity index (χ2n) is 4.16. The maximum atomic E-state index is 13.5. The standard InChI is InChI=1S/C13H13FN2O2S/c1-9-3-2-4-11(7-9)19(17,18)16-13-8-10(15)5-6-12(13)14/h2-8,16H,15H2,1H3. The highest BCUT2D eigenvalue weighted by molar-refractivity contribution is 7.92. The molecule has 0 saturated heterocycles. The minimum absolute atomic E-state index is 0.0781. The summed E-state index contributed by atoms with van der Waals surface area (Å²) < 4.78 is 39.9. The molecular formula is C13H13FN2O2S. The van der Waals surface area contributed by atoms with E-state index in [1.54, 1.807) is 19.1 Å². The van der Waals surface area contributed by atoms with Crippen molar-refractivity contribution in [1.29, 1.82) is 0 Å². The molecule has 0 aliphatic rings. The van der Waals surface area contributed by atoms with E-state index in [4.69, 9.17) is 5.73 Å². The van der Waals surface area contributed by atoms with Gasteiger partial charge >= 0.3 is 0 Å². The van der Waals surface area contributed by atoms with Crippen LogP contribution in [0.1, 0.15) is 5.56 Å². The smallest absolute Gasteiger partial charge is 0.261 e. The fourth-order valence-corrected chi connectivity index (χ4v) is 2.77. The lowest BCUT2D eigenvalue weighted by Crippen LogP contribution is -2.14. The predicted octanol–water partition coefficient (Wildman–Crippen LogP) is 2.52. The van der Waals surface area contributed by atoms with Crippen LogP contribution in [0.4, 0.5) is 15.8 Å². The van der Waals surface area contributed by atoms with Crippen molar-refractivity contribution in [2.24, 2.45) is 0 Å². The summed E-state index contributed by atoms with van der Waals surface area (Å²) in [5.74, 6) is -0.676. The molecule has 100 valence electrons. The molecule has 0 amide bonds. The molecule has 0 atom stereocenters. The fraction of sp³-hybridized carbons (Fsp3) is 0.0769. The Morgan fingerprint density at radius 3 is 2.58 bits per heavy atom. The zero-order valence-corrected chi connectivity index (χ0v) is 11.0. The Balaban J connectivity index is 2.39. The second kappa shape index (κ2) is 4.89. The van der Waals surface area contributed by atoms with Gasteiger partial charge < -0.3 is 5.73 Å². The van der Waals surface area contributed by atoms with Crippen LogP contribution in [0.2, 0.25) is 0 Å². The van der Waals surface area contributed by atoms with E-state index >= 15 is 0 Å². The van der Waals surface area contributed by atoms with E-state index in [-0.39, 0.29) is 16.3 Å². The van der Waals surface area contributed by atoms with Crippen molar-refractivity contribution >= 4 is 21.4 Å². The number of nitrogens with one attached hydrogen (secondary N) is 1. The van der Waals surface area contributed by atoms with Gasteiger partial charge in [-0.15, -0.1) is 0 Å².